The van der Waals surface area contributed by atoms with Gasteiger partial charge in [0.15, 0.2) is 0 Å². The Morgan fingerprint density at radius 3 is 2.67 bits per heavy atom. The van der Waals surface area contributed by atoms with Crippen molar-refractivity contribution < 1.29 is 8.78 Å². The van der Waals surface area contributed by atoms with Crippen LogP contribution in [-0.2, 0) is 6.54 Å². The van der Waals surface area contributed by atoms with E-state index in [4.69, 9.17) is 0 Å². The summed E-state index contributed by atoms with van der Waals surface area (Å²) in [4.78, 5) is 0. The van der Waals surface area contributed by atoms with Gasteiger partial charge >= 0.3 is 0 Å². The molecule has 0 radical (unpaired) electrons. The van der Waals surface area contributed by atoms with Crippen LogP contribution in [0.25, 0.3) is 0 Å². The van der Waals surface area contributed by atoms with Crippen LogP contribution in [0.4, 0.5) is 8.78 Å². The first-order valence-corrected chi connectivity index (χ1v) is 4.23. The van der Waals surface area contributed by atoms with Gasteiger partial charge in [0.1, 0.15) is 11.6 Å². The monoisotopic (exact) mass is 235 g/mol. The highest BCUT2D eigenvalue weighted by Gasteiger charge is 2.09. The van der Waals surface area contributed by atoms with E-state index in [1.54, 1.807) is 7.05 Å². The van der Waals surface area contributed by atoms with Gasteiger partial charge in [-0.15, -0.1) is 0 Å². The van der Waals surface area contributed by atoms with Crippen LogP contribution in [0.3, 0.4) is 0 Å². The molecule has 0 atom stereocenters. The first-order valence-electron chi connectivity index (χ1n) is 3.43. The minimum atomic E-state index is -0.577. The van der Waals surface area contributed by atoms with Crippen molar-refractivity contribution in [3.8, 4) is 0 Å². The molecule has 0 spiro atoms. The summed E-state index contributed by atoms with van der Waals surface area (Å²) in [6.07, 6.45) is 0. The highest BCUT2D eigenvalue weighted by atomic mass is 79.9. The van der Waals surface area contributed by atoms with E-state index >= 15 is 0 Å². The lowest BCUT2D eigenvalue weighted by molar-refractivity contribution is 0.556. The molecule has 1 rings (SSSR count). The highest BCUT2D eigenvalue weighted by molar-refractivity contribution is 9.10. The van der Waals surface area contributed by atoms with E-state index in [0.29, 0.717) is 12.1 Å². The second kappa shape index (κ2) is 3.96. The molecule has 0 aromatic heterocycles. The Bertz CT molecular complexity index is 289. The van der Waals surface area contributed by atoms with E-state index in [0.717, 1.165) is 0 Å². The van der Waals surface area contributed by atoms with Gasteiger partial charge in [0.05, 0.1) is 4.47 Å². The van der Waals surface area contributed by atoms with E-state index in [2.05, 4.69) is 21.2 Å². The molecule has 66 valence electrons. The predicted octanol–water partition coefficient (Wildman–Crippen LogP) is 2.45. The molecule has 1 aromatic carbocycles. The smallest absolute Gasteiger partial charge is 0.144 e. The molecule has 0 unspecified atom stereocenters. The molecule has 1 N–H and O–H groups in total. The second-order valence-corrected chi connectivity index (χ2v) is 3.16. The van der Waals surface area contributed by atoms with E-state index in [9.17, 15) is 8.78 Å². The summed E-state index contributed by atoms with van der Waals surface area (Å²) >= 11 is 2.82. The number of hydrogen-bond donors (Lipinski definition) is 1. The molecule has 0 heterocycles. The summed E-state index contributed by atoms with van der Waals surface area (Å²) in [5, 5.41) is 2.79. The summed E-state index contributed by atoms with van der Waals surface area (Å²) in [7, 11) is 1.71. The topological polar surface area (TPSA) is 12.0 Å². The van der Waals surface area contributed by atoms with Gasteiger partial charge in [-0.2, -0.15) is 0 Å². The zero-order valence-electron chi connectivity index (χ0n) is 6.50. The summed E-state index contributed by atoms with van der Waals surface area (Å²) in [5.74, 6) is -1.11. The molecule has 4 heteroatoms. The van der Waals surface area contributed by atoms with Gasteiger partial charge in [-0.3, -0.25) is 0 Å². The van der Waals surface area contributed by atoms with E-state index in [1.807, 2.05) is 0 Å². The Labute approximate surface area is 77.9 Å². The summed E-state index contributed by atoms with van der Waals surface area (Å²) in [6.45, 7) is 0.394. The first kappa shape index (κ1) is 9.61. The zero-order valence-corrected chi connectivity index (χ0v) is 8.08. The van der Waals surface area contributed by atoms with Gasteiger partial charge in [-0.25, -0.2) is 8.78 Å². The normalized spacial score (nSPS) is 10.3. The van der Waals surface area contributed by atoms with Gasteiger partial charge in [0.25, 0.3) is 0 Å². The van der Waals surface area contributed by atoms with Gasteiger partial charge in [0.2, 0.25) is 0 Å². The molecule has 0 saturated heterocycles. The molecule has 0 aliphatic heterocycles. The average molecular weight is 236 g/mol. The lowest BCUT2D eigenvalue weighted by atomic mass is 10.2. The number of halogens is 3. The fraction of sp³-hybridized carbons (Fsp3) is 0.250. The predicted molar refractivity (Wildman–Crippen MR) is 46.8 cm³/mol. The summed E-state index contributed by atoms with van der Waals surface area (Å²) < 4.78 is 25.7. The Kier molecular flexibility index (Phi) is 3.17. The maximum atomic E-state index is 13.1. The molecule has 0 aliphatic carbocycles. The molecular weight excluding hydrogens is 228 g/mol. The van der Waals surface area contributed by atoms with Crippen LogP contribution in [0.15, 0.2) is 16.6 Å². The van der Waals surface area contributed by atoms with Gasteiger partial charge in [-0.1, -0.05) is 6.07 Å². The van der Waals surface area contributed by atoms with E-state index in [-0.39, 0.29) is 4.47 Å². The molecule has 1 nitrogen and oxygen atoms in total. The van der Waals surface area contributed by atoms with Gasteiger partial charge in [-0.05, 0) is 29.0 Å². The third kappa shape index (κ3) is 1.81. The van der Waals surface area contributed by atoms with Crippen molar-refractivity contribution in [1.82, 2.24) is 5.32 Å². The van der Waals surface area contributed by atoms with Crippen LogP contribution in [-0.4, -0.2) is 7.05 Å². The second-order valence-electron chi connectivity index (χ2n) is 2.36. The van der Waals surface area contributed by atoms with Crippen LogP contribution >= 0.6 is 15.9 Å². The number of hydrogen-bond acceptors (Lipinski definition) is 1. The molecule has 1 aromatic rings. The van der Waals surface area contributed by atoms with E-state index < -0.39 is 11.6 Å². The largest absolute Gasteiger partial charge is 0.316 e. The van der Waals surface area contributed by atoms with Crippen LogP contribution in [0.2, 0.25) is 0 Å². The molecule has 0 aliphatic rings. The quantitative estimate of drug-likeness (QED) is 0.777. The van der Waals surface area contributed by atoms with Crippen LogP contribution in [0.5, 0.6) is 0 Å². The highest BCUT2D eigenvalue weighted by Crippen LogP contribution is 2.22. The molecule has 0 amide bonds. The minimum Gasteiger partial charge on any atom is -0.316 e. The lowest BCUT2D eigenvalue weighted by Gasteiger charge is -2.03. The molecular formula is C8H8BrF2N. The van der Waals surface area contributed by atoms with E-state index in [1.165, 1.54) is 12.1 Å². The van der Waals surface area contributed by atoms with Gasteiger partial charge < -0.3 is 5.32 Å². The number of rotatable bonds is 2. The fourth-order valence-corrected chi connectivity index (χ4v) is 1.28. The van der Waals surface area contributed by atoms with Crippen LogP contribution in [0, 0.1) is 11.6 Å². The standard InChI is InChI=1S/C8H8BrF2N/c1-12-4-5-2-3-6(10)7(9)8(5)11/h2-3,12H,4H2,1H3. The van der Waals surface area contributed by atoms with Crippen molar-refractivity contribution in [2.24, 2.45) is 0 Å². The van der Waals surface area contributed by atoms with Gasteiger partial charge in [0, 0.05) is 12.1 Å². The number of benzene rings is 1. The van der Waals surface area contributed by atoms with Crippen LogP contribution in [0.1, 0.15) is 5.56 Å². The Morgan fingerprint density at radius 1 is 1.42 bits per heavy atom. The number of nitrogens with one attached hydrogen (secondary N) is 1. The van der Waals surface area contributed by atoms with Crippen molar-refractivity contribution >= 4 is 15.9 Å². The third-order valence-corrected chi connectivity index (χ3v) is 2.21. The van der Waals surface area contributed by atoms with Crippen molar-refractivity contribution in [1.29, 1.82) is 0 Å². The lowest BCUT2D eigenvalue weighted by Crippen LogP contribution is -2.07. The van der Waals surface area contributed by atoms with Crippen LogP contribution < -0.4 is 5.32 Å². The average Bonchev–Trinajstić information content (AvgIpc) is 2.07. The fourth-order valence-electron chi connectivity index (χ4n) is 0.893. The Hall–Kier alpha value is -0.480. The van der Waals surface area contributed by atoms with Crippen molar-refractivity contribution in [2.75, 3.05) is 7.05 Å². The van der Waals surface area contributed by atoms with Crippen molar-refractivity contribution in [3.63, 3.8) is 0 Å². The Balaban J connectivity index is 3.08. The molecule has 0 fully saturated rings. The molecule has 0 saturated carbocycles. The molecule has 0 bridgehead atoms. The zero-order chi connectivity index (χ0) is 9.14. The Morgan fingerprint density at radius 2 is 2.08 bits per heavy atom. The third-order valence-electron chi connectivity index (χ3n) is 1.48. The first-order chi connectivity index (χ1) is 5.66. The molecule has 12 heavy (non-hydrogen) atoms. The minimum absolute atomic E-state index is 0.102. The summed E-state index contributed by atoms with van der Waals surface area (Å²) in [5.41, 5.74) is 0.450. The maximum Gasteiger partial charge on any atom is 0.144 e. The maximum absolute atomic E-state index is 13.1. The van der Waals surface area contributed by atoms with Crippen molar-refractivity contribution in [2.45, 2.75) is 6.54 Å². The van der Waals surface area contributed by atoms with Crippen molar-refractivity contribution in [3.05, 3.63) is 33.8 Å². The SMILES string of the molecule is CNCc1ccc(F)c(Br)c1F. The summed E-state index contributed by atoms with van der Waals surface area (Å²) in [6, 6.07) is 2.66.